The summed E-state index contributed by atoms with van der Waals surface area (Å²) in [5, 5.41) is 4.28. The van der Waals surface area contributed by atoms with E-state index in [1.807, 2.05) is 40.7 Å². The molecule has 0 unspecified atom stereocenters. The lowest BCUT2D eigenvalue weighted by Gasteiger charge is -2.33. The summed E-state index contributed by atoms with van der Waals surface area (Å²) in [5.41, 5.74) is -1.59. The Morgan fingerprint density at radius 1 is 1.20 bits per heavy atom. The number of ether oxygens (including phenoxy) is 2. The molecule has 1 aromatic heterocycles. The van der Waals surface area contributed by atoms with Crippen LogP contribution in [0, 0.1) is 17.3 Å². The van der Waals surface area contributed by atoms with Crippen LogP contribution in [-0.2, 0) is 24.2 Å². The van der Waals surface area contributed by atoms with E-state index in [-0.39, 0.29) is 30.2 Å². The molecule has 3 fully saturated rings. The molecule has 3 aliphatic rings. The van der Waals surface area contributed by atoms with Crippen molar-refractivity contribution in [1.29, 1.82) is 0 Å². The Morgan fingerprint density at radius 3 is 2.50 bits per heavy atom. The van der Waals surface area contributed by atoms with Crippen LogP contribution in [0.4, 0.5) is 0 Å². The molecule has 2 aromatic rings. The monoisotopic (exact) mass is 647 g/mol. The van der Waals surface area contributed by atoms with E-state index in [9.17, 15) is 22.8 Å². The molecule has 2 aliphatic carbocycles. The van der Waals surface area contributed by atoms with Crippen LogP contribution in [0.15, 0.2) is 24.4 Å². The summed E-state index contributed by atoms with van der Waals surface area (Å²) in [5.74, 6) is -1.39. The predicted octanol–water partition coefficient (Wildman–Crippen LogP) is 4.36. The highest BCUT2D eigenvalue weighted by Gasteiger charge is 2.61. The molecule has 44 heavy (non-hydrogen) atoms. The first-order valence-corrected chi connectivity index (χ1v) is 17.4. The molecule has 2 amide bonds. The molecule has 5 atom stereocenters. The zero-order chi connectivity index (χ0) is 32.2. The van der Waals surface area contributed by atoms with Crippen molar-refractivity contribution in [2.45, 2.75) is 89.7 Å². The van der Waals surface area contributed by atoms with Gasteiger partial charge >= 0.3 is 0 Å². The van der Waals surface area contributed by atoms with Gasteiger partial charge in [0.2, 0.25) is 11.8 Å². The Hall–Kier alpha value is -2.92. The number of nitrogens with one attached hydrogen (secondary N) is 1. The number of carbonyl (C=O) groups excluding carboxylic acids is 3. The lowest BCUT2D eigenvalue weighted by molar-refractivity contribution is -0.144. The quantitative estimate of drug-likeness (QED) is 0.356. The smallest absolute Gasteiger partial charge is 0.243 e. The topological polar surface area (TPSA) is 132 Å². The van der Waals surface area contributed by atoms with Crippen LogP contribution in [0.2, 0.25) is 5.15 Å². The van der Waals surface area contributed by atoms with Gasteiger partial charge in [0.1, 0.15) is 28.6 Å². The van der Waals surface area contributed by atoms with Crippen LogP contribution in [0.3, 0.4) is 0 Å². The molecule has 240 valence electrons. The van der Waals surface area contributed by atoms with E-state index in [0.717, 1.165) is 5.39 Å². The average Bonchev–Trinajstić information content (AvgIpc) is 3.88. The summed E-state index contributed by atoms with van der Waals surface area (Å²) in [4.78, 5) is 47.0. The summed E-state index contributed by atoms with van der Waals surface area (Å²) in [6.45, 7) is 9.81. The van der Waals surface area contributed by atoms with Crippen molar-refractivity contribution in [2.24, 2.45) is 17.3 Å². The standard InChI is InChI=1S/C32H42ClN3O7S/c1-7-20-15-32(20,27(37)17-44(40,41)22-8-9-22)35-29(38)24-13-21(16-36(24)30(39)18(2)31(3,4)5)43-26-14-23-19(12-25(26)42-6)10-11-34-28(23)33/h10-12,14,18,20-22,24H,7-9,13,15-17H2,1-6H3,(H,35,38)/t18-,20-,21-,24+,32-/m1/s1. The minimum Gasteiger partial charge on any atom is -0.493 e. The number of rotatable bonds is 11. The van der Waals surface area contributed by atoms with Crippen molar-refractivity contribution in [3.05, 3.63) is 29.5 Å². The fourth-order valence-electron chi connectivity index (χ4n) is 6.12. The molecular weight excluding hydrogens is 606 g/mol. The minimum absolute atomic E-state index is 0.146. The van der Waals surface area contributed by atoms with Gasteiger partial charge in [-0.25, -0.2) is 13.4 Å². The fraction of sp³-hybridized carbons (Fsp3) is 0.625. The van der Waals surface area contributed by atoms with E-state index in [0.29, 0.717) is 47.7 Å². The van der Waals surface area contributed by atoms with Gasteiger partial charge in [-0.1, -0.05) is 52.6 Å². The number of hydrogen-bond donors (Lipinski definition) is 1. The number of likely N-dealkylation sites (tertiary alicyclic amines) is 1. The zero-order valence-electron chi connectivity index (χ0n) is 26.2. The van der Waals surface area contributed by atoms with E-state index in [4.69, 9.17) is 21.1 Å². The van der Waals surface area contributed by atoms with E-state index >= 15 is 0 Å². The van der Waals surface area contributed by atoms with E-state index in [1.165, 1.54) is 7.11 Å². The van der Waals surface area contributed by atoms with E-state index in [1.54, 1.807) is 23.2 Å². The zero-order valence-corrected chi connectivity index (χ0v) is 27.8. The first kappa shape index (κ1) is 32.5. The maximum atomic E-state index is 14.0. The van der Waals surface area contributed by atoms with Crippen LogP contribution < -0.4 is 14.8 Å². The van der Waals surface area contributed by atoms with Crippen molar-refractivity contribution in [1.82, 2.24) is 15.2 Å². The Labute approximate surface area is 264 Å². The largest absolute Gasteiger partial charge is 0.493 e. The molecule has 0 radical (unpaired) electrons. The van der Waals surface area contributed by atoms with E-state index < -0.39 is 56.1 Å². The normalized spacial score (nSPS) is 25.9. The minimum atomic E-state index is -3.55. The number of hydrogen-bond acceptors (Lipinski definition) is 8. The second-order valence-electron chi connectivity index (χ2n) is 13.6. The Morgan fingerprint density at radius 2 is 1.91 bits per heavy atom. The SMILES string of the molecule is CC[C@@H]1C[C@]1(NC(=O)[C@@H]1C[C@@H](Oc2cc3c(Cl)nccc3cc2OC)CN1C(=O)[C@@H](C)C(C)(C)C)C(=O)CS(=O)(=O)C1CC1. The molecule has 2 saturated carbocycles. The number of benzene rings is 1. The third-order valence-corrected chi connectivity index (χ3v) is 12.1. The summed E-state index contributed by atoms with van der Waals surface area (Å²) >= 11 is 6.35. The third kappa shape index (κ3) is 6.27. The first-order chi connectivity index (χ1) is 20.6. The number of ketones is 1. The van der Waals surface area contributed by atoms with Crippen LogP contribution in [-0.4, -0.2) is 78.2 Å². The van der Waals surface area contributed by atoms with Crippen LogP contribution in [0.5, 0.6) is 11.5 Å². The van der Waals surface area contributed by atoms with Gasteiger partial charge in [0, 0.05) is 23.9 Å². The highest BCUT2D eigenvalue weighted by atomic mass is 35.5. The average molecular weight is 648 g/mol. The summed E-state index contributed by atoms with van der Waals surface area (Å²) in [6.07, 6.45) is 3.37. The molecule has 1 aromatic carbocycles. The number of methoxy groups -OCH3 is 1. The predicted molar refractivity (Wildman–Crippen MR) is 168 cm³/mol. The van der Waals surface area contributed by atoms with Crippen LogP contribution in [0.1, 0.15) is 66.7 Å². The molecule has 2 heterocycles. The molecule has 5 rings (SSSR count). The van der Waals surface area contributed by atoms with Crippen LogP contribution >= 0.6 is 11.6 Å². The number of carbonyl (C=O) groups is 3. The Kier molecular flexibility index (Phi) is 8.70. The van der Waals surface area contributed by atoms with Crippen molar-refractivity contribution >= 4 is 49.8 Å². The third-order valence-electron chi connectivity index (χ3n) is 9.62. The lowest BCUT2D eigenvalue weighted by atomic mass is 9.81. The fourth-order valence-corrected chi connectivity index (χ4v) is 8.05. The molecular formula is C32H42ClN3O7S. The second-order valence-corrected chi connectivity index (χ2v) is 16.2. The van der Waals surface area contributed by atoms with E-state index in [2.05, 4.69) is 10.3 Å². The van der Waals surface area contributed by atoms with Crippen molar-refractivity contribution in [2.75, 3.05) is 19.4 Å². The van der Waals surface area contributed by atoms with Crippen LogP contribution in [0.25, 0.3) is 10.8 Å². The first-order valence-electron chi connectivity index (χ1n) is 15.3. The number of amides is 2. The molecule has 10 nitrogen and oxygen atoms in total. The van der Waals surface area contributed by atoms with Crippen molar-refractivity contribution in [3.8, 4) is 11.5 Å². The van der Waals surface area contributed by atoms with Crippen molar-refractivity contribution in [3.63, 3.8) is 0 Å². The van der Waals surface area contributed by atoms with Gasteiger partial charge in [0.15, 0.2) is 27.1 Å². The summed E-state index contributed by atoms with van der Waals surface area (Å²) < 4.78 is 37.3. The van der Waals surface area contributed by atoms with Gasteiger partial charge in [-0.05, 0) is 54.2 Å². The van der Waals surface area contributed by atoms with Gasteiger partial charge in [-0.15, -0.1) is 0 Å². The molecule has 0 spiro atoms. The molecule has 1 N–H and O–H groups in total. The van der Waals surface area contributed by atoms with Crippen molar-refractivity contribution < 1.29 is 32.3 Å². The molecule has 0 bridgehead atoms. The number of halogens is 1. The van der Waals surface area contributed by atoms with Gasteiger partial charge < -0.3 is 19.7 Å². The van der Waals surface area contributed by atoms with Gasteiger partial charge in [-0.2, -0.15) is 0 Å². The lowest BCUT2D eigenvalue weighted by Crippen LogP contribution is -2.55. The summed E-state index contributed by atoms with van der Waals surface area (Å²) in [6, 6.07) is 4.44. The molecule has 12 heteroatoms. The number of aromatic nitrogens is 1. The molecule has 1 aliphatic heterocycles. The number of fused-ring (bicyclic) bond motifs is 1. The van der Waals surface area contributed by atoms with Gasteiger partial charge in [0.25, 0.3) is 0 Å². The highest BCUT2D eigenvalue weighted by Crippen LogP contribution is 2.48. The van der Waals surface area contributed by atoms with Gasteiger partial charge in [0.05, 0.1) is 18.9 Å². The maximum Gasteiger partial charge on any atom is 0.243 e. The summed E-state index contributed by atoms with van der Waals surface area (Å²) in [7, 11) is -2.02. The number of pyridine rings is 1. The number of Topliss-reactive ketones (excluding diaryl/α,β-unsaturated/α-hetero) is 1. The maximum absolute atomic E-state index is 14.0. The number of nitrogens with zero attached hydrogens (tertiary/aromatic N) is 2. The number of sulfone groups is 1. The Balaban J connectivity index is 1.41. The Bertz CT molecular complexity index is 1590. The van der Waals surface area contributed by atoms with Gasteiger partial charge in [-0.3, -0.25) is 14.4 Å². The molecule has 1 saturated heterocycles. The highest BCUT2D eigenvalue weighted by molar-refractivity contribution is 7.93. The second kappa shape index (κ2) is 11.8.